The van der Waals surface area contributed by atoms with Gasteiger partial charge in [0.2, 0.25) is 5.56 Å². The average molecular weight is 298 g/mol. The van der Waals surface area contributed by atoms with Gasteiger partial charge in [-0.15, -0.1) is 0 Å². The van der Waals surface area contributed by atoms with Crippen molar-refractivity contribution in [2.24, 2.45) is 0 Å². The summed E-state index contributed by atoms with van der Waals surface area (Å²) in [6.45, 7) is 3.84. The molecule has 0 bridgehead atoms. The molecular formula is C16H18N4O2. The van der Waals surface area contributed by atoms with E-state index in [1.54, 1.807) is 30.7 Å². The highest BCUT2D eigenvalue weighted by atomic mass is 16.2. The number of nitrogens with one attached hydrogen (secondary N) is 1. The van der Waals surface area contributed by atoms with E-state index >= 15 is 0 Å². The lowest BCUT2D eigenvalue weighted by Crippen LogP contribution is -2.48. The quantitative estimate of drug-likeness (QED) is 0.907. The number of hydrogen-bond donors (Lipinski definition) is 1. The third-order valence-electron chi connectivity index (χ3n) is 3.82. The van der Waals surface area contributed by atoms with E-state index in [1.165, 1.54) is 6.07 Å². The Balaban J connectivity index is 1.55. The van der Waals surface area contributed by atoms with E-state index in [4.69, 9.17) is 0 Å². The Labute approximate surface area is 128 Å². The number of H-pyrrole nitrogens is 1. The van der Waals surface area contributed by atoms with E-state index in [9.17, 15) is 9.59 Å². The van der Waals surface area contributed by atoms with Gasteiger partial charge in [0.25, 0.3) is 5.91 Å². The number of rotatable bonds is 3. The highest BCUT2D eigenvalue weighted by Crippen LogP contribution is 2.10. The summed E-state index contributed by atoms with van der Waals surface area (Å²) in [5, 5.41) is 0. The standard InChI is InChI=1S/C16H18N4O2/c21-15-4-3-13(10-18-15)12-19-6-8-20(9-7-19)16(22)14-2-1-5-17-11-14/h1-5,10-11H,6-9,12H2,(H,18,21). The molecule has 2 aromatic heterocycles. The molecule has 0 atom stereocenters. The number of pyridine rings is 2. The lowest BCUT2D eigenvalue weighted by Gasteiger charge is -2.34. The van der Waals surface area contributed by atoms with Gasteiger partial charge in [-0.05, 0) is 17.7 Å². The van der Waals surface area contributed by atoms with Crippen LogP contribution in [0.1, 0.15) is 15.9 Å². The molecule has 1 aliphatic rings. The predicted molar refractivity (Wildman–Crippen MR) is 82.5 cm³/mol. The van der Waals surface area contributed by atoms with Gasteiger partial charge in [-0.1, -0.05) is 6.07 Å². The minimum absolute atomic E-state index is 0.0387. The maximum absolute atomic E-state index is 12.3. The van der Waals surface area contributed by atoms with Crippen LogP contribution in [-0.2, 0) is 6.54 Å². The second kappa shape index (κ2) is 6.53. The van der Waals surface area contributed by atoms with Crippen molar-refractivity contribution >= 4 is 5.91 Å². The van der Waals surface area contributed by atoms with Crippen LogP contribution in [-0.4, -0.2) is 51.9 Å². The summed E-state index contributed by atoms with van der Waals surface area (Å²) in [6.07, 6.45) is 5.02. The fraction of sp³-hybridized carbons (Fsp3) is 0.312. The van der Waals surface area contributed by atoms with Crippen molar-refractivity contribution in [1.29, 1.82) is 0 Å². The zero-order chi connectivity index (χ0) is 15.4. The van der Waals surface area contributed by atoms with Gasteiger partial charge in [0.05, 0.1) is 5.56 Å². The van der Waals surface area contributed by atoms with E-state index < -0.39 is 0 Å². The van der Waals surface area contributed by atoms with Crippen LogP contribution in [0, 0.1) is 0 Å². The van der Waals surface area contributed by atoms with Gasteiger partial charge in [0.15, 0.2) is 0 Å². The number of aromatic nitrogens is 2. The number of carbonyl (C=O) groups excluding carboxylic acids is 1. The minimum atomic E-state index is -0.0874. The van der Waals surface area contributed by atoms with Crippen molar-refractivity contribution in [3.05, 3.63) is 64.3 Å². The van der Waals surface area contributed by atoms with Crippen LogP contribution in [0.2, 0.25) is 0 Å². The molecular weight excluding hydrogens is 280 g/mol. The molecule has 6 heteroatoms. The number of aromatic amines is 1. The first-order valence-corrected chi connectivity index (χ1v) is 7.31. The van der Waals surface area contributed by atoms with Crippen molar-refractivity contribution in [2.45, 2.75) is 6.54 Å². The second-order valence-corrected chi connectivity index (χ2v) is 5.37. The molecule has 22 heavy (non-hydrogen) atoms. The Morgan fingerprint density at radius 1 is 1.18 bits per heavy atom. The van der Waals surface area contributed by atoms with Gasteiger partial charge in [-0.2, -0.15) is 0 Å². The van der Waals surface area contributed by atoms with E-state index in [0.717, 1.165) is 25.2 Å². The normalized spacial score (nSPS) is 15.7. The Morgan fingerprint density at radius 2 is 2.00 bits per heavy atom. The molecule has 1 fully saturated rings. The van der Waals surface area contributed by atoms with Crippen LogP contribution >= 0.6 is 0 Å². The fourth-order valence-corrected chi connectivity index (χ4v) is 2.58. The van der Waals surface area contributed by atoms with Crippen molar-refractivity contribution in [3.63, 3.8) is 0 Å². The van der Waals surface area contributed by atoms with Crippen LogP contribution < -0.4 is 5.56 Å². The van der Waals surface area contributed by atoms with Crippen molar-refractivity contribution in [1.82, 2.24) is 19.8 Å². The summed E-state index contributed by atoms with van der Waals surface area (Å²) in [5.41, 5.74) is 1.62. The Hall–Kier alpha value is -2.47. The van der Waals surface area contributed by atoms with Gasteiger partial charge >= 0.3 is 0 Å². The largest absolute Gasteiger partial charge is 0.336 e. The molecule has 0 spiro atoms. The van der Waals surface area contributed by atoms with Gasteiger partial charge in [-0.3, -0.25) is 19.5 Å². The molecule has 6 nitrogen and oxygen atoms in total. The third kappa shape index (κ3) is 3.40. The molecule has 1 amide bonds. The Bertz CT molecular complexity index is 670. The fourth-order valence-electron chi connectivity index (χ4n) is 2.58. The number of nitrogens with zero attached hydrogens (tertiary/aromatic N) is 3. The van der Waals surface area contributed by atoms with Crippen molar-refractivity contribution in [2.75, 3.05) is 26.2 Å². The SMILES string of the molecule is O=C(c1cccnc1)N1CCN(Cc2ccc(=O)[nH]c2)CC1. The summed E-state index contributed by atoms with van der Waals surface area (Å²) in [4.78, 5) is 34.2. The molecule has 2 aromatic rings. The summed E-state index contributed by atoms with van der Waals surface area (Å²) in [7, 11) is 0. The lowest BCUT2D eigenvalue weighted by molar-refractivity contribution is 0.0628. The van der Waals surface area contributed by atoms with Crippen LogP contribution in [0.4, 0.5) is 0 Å². The molecule has 0 aliphatic carbocycles. The maximum Gasteiger partial charge on any atom is 0.255 e. The molecule has 3 heterocycles. The van der Waals surface area contributed by atoms with E-state index in [0.29, 0.717) is 18.7 Å². The smallest absolute Gasteiger partial charge is 0.255 e. The zero-order valence-electron chi connectivity index (χ0n) is 12.2. The molecule has 3 rings (SSSR count). The van der Waals surface area contributed by atoms with Gasteiger partial charge < -0.3 is 9.88 Å². The van der Waals surface area contributed by atoms with E-state index in [1.807, 2.05) is 11.0 Å². The molecule has 0 unspecified atom stereocenters. The Morgan fingerprint density at radius 3 is 2.64 bits per heavy atom. The average Bonchev–Trinajstić information content (AvgIpc) is 2.58. The van der Waals surface area contributed by atoms with Crippen LogP contribution in [0.5, 0.6) is 0 Å². The summed E-state index contributed by atoms with van der Waals surface area (Å²) in [5.74, 6) is 0.0387. The van der Waals surface area contributed by atoms with Gasteiger partial charge in [0.1, 0.15) is 0 Å². The summed E-state index contributed by atoms with van der Waals surface area (Å²) < 4.78 is 0. The molecule has 114 valence electrons. The summed E-state index contributed by atoms with van der Waals surface area (Å²) >= 11 is 0. The molecule has 0 aromatic carbocycles. The first-order chi connectivity index (χ1) is 10.7. The van der Waals surface area contributed by atoms with Crippen LogP contribution in [0.3, 0.4) is 0 Å². The zero-order valence-corrected chi connectivity index (χ0v) is 12.2. The van der Waals surface area contributed by atoms with Crippen molar-refractivity contribution in [3.8, 4) is 0 Å². The topological polar surface area (TPSA) is 69.3 Å². The number of carbonyl (C=O) groups is 1. The van der Waals surface area contributed by atoms with Gasteiger partial charge in [-0.25, -0.2) is 0 Å². The first-order valence-electron chi connectivity index (χ1n) is 7.31. The number of hydrogen-bond acceptors (Lipinski definition) is 4. The predicted octanol–water partition coefficient (Wildman–Crippen LogP) is 0.728. The maximum atomic E-state index is 12.3. The minimum Gasteiger partial charge on any atom is -0.336 e. The van der Waals surface area contributed by atoms with Crippen LogP contribution in [0.15, 0.2) is 47.7 Å². The van der Waals surface area contributed by atoms with Crippen LogP contribution in [0.25, 0.3) is 0 Å². The molecule has 1 saturated heterocycles. The third-order valence-corrected chi connectivity index (χ3v) is 3.82. The molecule has 1 aliphatic heterocycles. The first kappa shape index (κ1) is 14.5. The second-order valence-electron chi connectivity index (χ2n) is 5.37. The highest BCUT2D eigenvalue weighted by molar-refractivity contribution is 5.93. The summed E-state index contributed by atoms with van der Waals surface area (Å²) in [6, 6.07) is 6.95. The molecule has 0 radical (unpaired) electrons. The van der Waals surface area contributed by atoms with E-state index in [-0.39, 0.29) is 11.5 Å². The highest BCUT2D eigenvalue weighted by Gasteiger charge is 2.22. The number of piperazine rings is 1. The monoisotopic (exact) mass is 298 g/mol. The Kier molecular flexibility index (Phi) is 4.29. The van der Waals surface area contributed by atoms with E-state index in [2.05, 4.69) is 14.9 Å². The van der Waals surface area contributed by atoms with Crippen molar-refractivity contribution < 1.29 is 4.79 Å². The lowest BCUT2D eigenvalue weighted by atomic mass is 10.2. The molecule has 0 saturated carbocycles. The van der Waals surface area contributed by atoms with Gasteiger partial charge in [0, 0.05) is 57.4 Å². The molecule has 1 N–H and O–H groups in total. The number of amides is 1.